The Hall–Kier alpha value is -0.770. The lowest BCUT2D eigenvalue weighted by molar-refractivity contribution is 0.0643. The first-order valence-corrected chi connectivity index (χ1v) is 7.37. The number of piperazine rings is 1. The third kappa shape index (κ3) is 3.62. The van der Waals surface area contributed by atoms with Crippen LogP contribution in [-0.4, -0.2) is 54.3 Å². The fraction of sp³-hybridized carbons (Fsp3) is 0.500. The van der Waals surface area contributed by atoms with Gasteiger partial charge in [-0.25, -0.2) is 0 Å². The number of aryl methyl sites for hydroxylation is 1. The van der Waals surface area contributed by atoms with Crippen molar-refractivity contribution in [2.45, 2.75) is 6.92 Å². The van der Waals surface area contributed by atoms with Gasteiger partial charge in [0.25, 0.3) is 5.91 Å². The minimum atomic E-state index is 0.0746. The molecule has 0 aliphatic carbocycles. The third-order valence-corrected chi connectivity index (χ3v) is 3.89. The molecule has 1 aromatic carbocycles. The number of halogens is 2. The molecule has 5 heteroatoms. The molecule has 0 unspecified atom stereocenters. The number of carbonyl (C=O) groups is 1. The molecule has 0 N–H and O–H groups in total. The van der Waals surface area contributed by atoms with Gasteiger partial charge < -0.3 is 4.90 Å². The van der Waals surface area contributed by atoms with Gasteiger partial charge in [-0.1, -0.05) is 17.7 Å². The van der Waals surface area contributed by atoms with Gasteiger partial charge in [0.2, 0.25) is 0 Å². The number of amides is 1. The highest BCUT2D eigenvalue weighted by Crippen LogP contribution is 2.18. The summed E-state index contributed by atoms with van der Waals surface area (Å²) < 4.78 is 0. The first kappa shape index (κ1) is 14.6. The smallest absolute Gasteiger partial charge is 0.254 e. The van der Waals surface area contributed by atoms with E-state index in [1.54, 1.807) is 6.07 Å². The summed E-state index contributed by atoms with van der Waals surface area (Å²) in [6.45, 7) is 6.10. The molecule has 104 valence electrons. The Labute approximate surface area is 124 Å². The van der Waals surface area contributed by atoms with Crippen LogP contribution in [0.1, 0.15) is 15.9 Å². The molecular formula is C14H18Cl2N2O. The normalized spacial score (nSPS) is 16.7. The molecule has 1 aromatic rings. The third-order valence-electron chi connectivity index (χ3n) is 3.49. The van der Waals surface area contributed by atoms with Gasteiger partial charge in [-0.05, 0) is 24.6 Å². The Bertz CT molecular complexity index is 457. The molecule has 0 atom stereocenters. The van der Waals surface area contributed by atoms with E-state index < -0.39 is 0 Å². The van der Waals surface area contributed by atoms with Crippen molar-refractivity contribution < 1.29 is 4.79 Å². The number of nitrogens with zero attached hydrogens (tertiary/aromatic N) is 2. The van der Waals surface area contributed by atoms with Crippen LogP contribution in [0.5, 0.6) is 0 Å². The zero-order valence-corrected chi connectivity index (χ0v) is 12.5. The van der Waals surface area contributed by atoms with Gasteiger partial charge in [-0.15, -0.1) is 11.6 Å². The van der Waals surface area contributed by atoms with E-state index in [0.717, 1.165) is 38.3 Å². The molecule has 1 heterocycles. The molecule has 1 saturated heterocycles. The predicted octanol–water partition coefficient (Wildman–Crippen LogP) is 2.65. The van der Waals surface area contributed by atoms with Gasteiger partial charge in [0.05, 0.1) is 0 Å². The number of carbonyl (C=O) groups excluding carboxylic acids is 1. The maximum atomic E-state index is 12.5. The summed E-state index contributed by atoms with van der Waals surface area (Å²) >= 11 is 11.7. The fourth-order valence-corrected chi connectivity index (χ4v) is 2.70. The molecule has 1 aliphatic heterocycles. The van der Waals surface area contributed by atoms with Crippen molar-refractivity contribution in [3.8, 4) is 0 Å². The Balaban J connectivity index is 2.03. The van der Waals surface area contributed by atoms with Crippen LogP contribution in [0.4, 0.5) is 0 Å². The molecule has 2 rings (SSSR count). The van der Waals surface area contributed by atoms with Crippen molar-refractivity contribution in [3.63, 3.8) is 0 Å². The molecule has 1 fully saturated rings. The Morgan fingerprint density at radius 2 is 1.95 bits per heavy atom. The topological polar surface area (TPSA) is 23.6 Å². The van der Waals surface area contributed by atoms with Crippen molar-refractivity contribution in [1.29, 1.82) is 0 Å². The summed E-state index contributed by atoms with van der Waals surface area (Å²) in [4.78, 5) is 16.6. The van der Waals surface area contributed by atoms with Gasteiger partial charge in [-0.3, -0.25) is 9.69 Å². The molecule has 0 radical (unpaired) electrons. The Kier molecular flexibility index (Phi) is 5.08. The van der Waals surface area contributed by atoms with Gasteiger partial charge in [0.15, 0.2) is 0 Å². The van der Waals surface area contributed by atoms with Crippen LogP contribution >= 0.6 is 23.2 Å². The zero-order chi connectivity index (χ0) is 13.8. The first-order chi connectivity index (χ1) is 9.11. The Morgan fingerprint density at radius 3 is 2.58 bits per heavy atom. The zero-order valence-electron chi connectivity index (χ0n) is 11.0. The van der Waals surface area contributed by atoms with Crippen molar-refractivity contribution >= 4 is 29.1 Å². The monoisotopic (exact) mass is 300 g/mol. The molecule has 1 amide bonds. The van der Waals surface area contributed by atoms with E-state index in [2.05, 4.69) is 4.90 Å². The van der Waals surface area contributed by atoms with Gasteiger partial charge in [0.1, 0.15) is 0 Å². The fourth-order valence-electron chi connectivity index (χ4n) is 2.29. The van der Waals surface area contributed by atoms with Gasteiger partial charge >= 0.3 is 0 Å². The molecular weight excluding hydrogens is 283 g/mol. The van der Waals surface area contributed by atoms with Crippen LogP contribution in [0.2, 0.25) is 5.02 Å². The van der Waals surface area contributed by atoms with Crippen molar-refractivity contribution in [2.24, 2.45) is 0 Å². The number of alkyl halides is 1. The SMILES string of the molecule is Cc1ccc(Cl)cc1C(=O)N1CCN(CCCl)CC1. The number of hydrogen-bond acceptors (Lipinski definition) is 2. The average Bonchev–Trinajstić information content (AvgIpc) is 2.42. The lowest BCUT2D eigenvalue weighted by atomic mass is 10.1. The highest BCUT2D eigenvalue weighted by atomic mass is 35.5. The quantitative estimate of drug-likeness (QED) is 0.801. The van der Waals surface area contributed by atoms with Gasteiger partial charge in [0, 0.05) is 49.2 Å². The first-order valence-electron chi connectivity index (χ1n) is 6.45. The second kappa shape index (κ2) is 6.60. The summed E-state index contributed by atoms with van der Waals surface area (Å²) in [5.41, 5.74) is 1.68. The predicted molar refractivity (Wildman–Crippen MR) is 79.3 cm³/mol. The molecule has 3 nitrogen and oxygen atoms in total. The lowest BCUT2D eigenvalue weighted by Gasteiger charge is -2.34. The maximum Gasteiger partial charge on any atom is 0.254 e. The van der Waals surface area contributed by atoms with E-state index in [1.807, 2.05) is 24.0 Å². The van der Waals surface area contributed by atoms with E-state index in [4.69, 9.17) is 23.2 Å². The van der Waals surface area contributed by atoms with Crippen LogP contribution < -0.4 is 0 Å². The molecule has 0 bridgehead atoms. The lowest BCUT2D eigenvalue weighted by Crippen LogP contribution is -2.49. The standard InChI is InChI=1S/C14H18Cl2N2O/c1-11-2-3-12(16)10-13(11)14(19)18-8-6-17(5-4-15)7-9-18/h2-3,10H,4-9H2,1H3. The average molecular weight is 301 g/mol. The number of hydrogen-bond donors (Lipinski definition) is 0. The van der Waals surface area contributed by atoms with E-state index in [0.29, 0.717) is 16.5 Å². The van der Waals surface area contributed by atoms with E-state index in [9.17, 15) is 4.79 Å². The molecule has 19 heavy (non-hydrogen) atoms. The second-order valence-electron chi connectivity index (χ2n) is 4.78. The summed E-state index contributed by atoms with van der Waals surface area (Å²) in [6.07, 6.45) is 0. The summed E-state index contributed by atoms with van der Waals surface area (Å²) in [6, 6.07) is 5.45. The highest BCUT2D eigenvalue weighted by molar-refractivity contribution is 6.31. The highest BCUT2D eigenvalue weighted by Gasteiger charge is 2.22. The minimum Gasteiger partial charge on any atom is -0.336 e. The van der Waals surface area contributed by atoms with Crippen LogP contribution in [0.25, 0.3) is 0 Å². The van der Waals surface area contributed by atoms with Crippen LogP contribution in [0.15, 0.2) is 18.2 Å². The number of benzene rings is 1. The van der Waals surface area contributed by atoms with Crippen molar-refractivity contribution in [2.75, 3.05) is 38.6 Å². The largest absolute Gasteiger partial charge is 0.336 e. The van der Waals surface area contributed by atoms with Crippen LogP contribution in [0.3, 0.4) is 0 Å². The van der Waals surface area contributed by atoms with E-state index in [1.165, 1.54) is 0 Å². The molecule has 1 aliphatic rings. The van der Waals surface area contributed by atoms with Crippen LogP contribution in [0, 0.1) is 6.92 Å². The molecule has 0 spiro atoms. The van der Waals surface area contributed by atoms with Gasteiger partial charge in [-0.2, -0.15) is 0 Å². The van der Waals surface area contributed by atoms with E-state index in [-0.39, 0.29) is 5.91 Å². The molecule has 0 saturated carbocycles. The minimum absolute atomic E-state index is 0.0746. The Morgan fingerprint density at radius 1 is 1.26 bits per heavy atom. The van der Waals surface area contributed by atoms with Crippen molar-refractivity contribution in [1.82, 2.24) is 9.80 Å². The summed E-state index contributed by atoms with van der Waals surface area (Å²) in [7, 11) is 0. The van der Waals surface area contributed by atoms with E-state index >= 15 is 0 Å². The summed E-state index contributed by atoms with van der Waals surface area (Å²) in [5, 5.41) is 0.606. The summed E-state index contributed by atoms with van der Waals surface area (Å²) in [5.74, 6) is 0.715. The van der Waals surface area contributed by atoms with Crippen molar-refractivity contribution in [3.05, 3.63) is 34.3 Å². The maximum absolute atomic E-state index is 12.5. The van der Waals surface area contributed by atoms with Crippen LogP contribution in [-0.2, 0) is 0 Å². The second-order valence-corrected chi connectivity index (χ2v) is 5.60. The molecule has 0 aromatic heterocycles. The number of rotatable bonds is 3.